The Balaban J connectivity index is 0. The molecule has 0 amide bonds. The van der Waals surface area contributed by atoms with Gasteiger partial charge in [-0.15, -0.1) is 0 Å². The number of hydrogen-bond donors (Lipinski definition) is 0. The Hall–Kier alpha value is -0.330. The van der Waals surface area contributed by atoms with Gasteiger partial charge in [-0.05, 0) is 0 Å². The summed E-state index contributed by atoms with van der Waals surface area (Å²) in [5.41, 5.74) is 0. The fourth-order valence-corrected chi connectivity index (χ4v) is 0.188. The number of alkyl halides is 3. The molecule has 3 nitrogen and oxygen atoms in total. The SMILES string of the molecule is CC(=O)OC(=O)C(F)(F)F.[Ag]. The van der Waals surface area contributed by atoms with Crippen molar-refractivity contribution >= 4 is 11.9 Å². The van der Waals surface area contributed by atoms with E-state index < -0.39 is 18.1 Å². The Morgan fingerprint density at radius 2 is 1.64 bits per heavy atom. The van der Waals surface area contributed by atoms with Gasteiger partial charge in [0.25, 0.3) is 0 Å². The molecule has 11 heavy (non-hydrogen) atoms. The fourth-order valence-electron chi connectivity index (χ4n) is 0.188. The van der Waals surface area contributed by atoms with Crippen molar-refractivity contribution < 1.29 is 49.9 Å². The monoisotopic (exact) mass is 263 g/mol. The predicted octanol–water partition coefficient (Wildman–Crippen LogP) is 0.636. The minimum absolute atomic E-state index is 0. The Kier molecular flexibility index (Phi) is 5.46. The predicted molar refractivity (Wildman–Crippen MR) is 22.8 cm³/mol. The maximum atomic E-state index is 11.2. The van der Waals surface area contributed by atoms with Crippen LogP contribution in [0.1, 0.15) is 6.92 Å². The molecule has 0 heterocycles. The summed E-state index contributed by atoms with van der Waals surface area (Å²) >= 11 is 0. The van der Waals surface area contributed by atoms with Crippen LogP contribution in [0.5, 0.6) is 0 Å². The van der Waals surface area contributed by atoms with Gasteiger partial charge >= 0.3 is 18.1 Å². The van der Waals surface area contributed by atoms with E-state index in [-0.39, 0.29) is 22.4 Å². The zero-order valence-corrected chi connectivity index (χ0v) is 6.64. The van der Waals surface area contributed by atoms with Crippen molar-refractivity contribution in [2.75, 3.05) is 0 Å². The number of carbonyl (C=O) groups excluding carboxylic acids is 2. The number of carbonyl (C=O) groups is 2. The first-order valence-electron chi connectivity index (χ1n) is 2.13. The third kappa shape index (κ3) is 6.08. The number of ether oxygens (including phenoxy) is 1. The molecule has 0 aliphatic carbocycles. The van der Waals surface area contributed by atoms with Crippen LogP contribution in [0.4, 0.5) is 13.2 Å². The van der Waals surface area contributed by atoms with Gasteiger partial charge in [-0.25, -0.2) is 4.79 Å². The van der Waals surface area contributed by atoms with Crippen molar-refractivity contribution in [3.63, 3.8) is 0 Å². The molecule has 0 N–H and O–H groups in total. The summed E-state index contributed by atoms with van der Waals surface area (Å²) in [5, 5.41) is 0. The molecule has 0 aliphatic rings. The average Bonchev–Trinajstić information content (AvgIpc) is 1.60. The second-order valence-electron chi connectivity index (χ2n) is 1.38. The van der Waals surface area contributed by atoms with E-state index in [1.54, 1.807) is 0 Å². The molecule has 0 fully saturated rings. The molecule has 0 atom stereocenters. The molecule has 69 valence electrons. The quantitative estimate of drug-likeness (QED) is 0.366. The van der Waals surface area contributed by atoms with Gasteiger partial charge in [0.15, 0.2) is 0 Å². The van der Waals surface area contributed by atoms with E-state index in [4.69, 9.17) is 0 Å². The summed E-state index contributed by atoms with van der Waals surface area (Å²) in [5.74, 6) is -3.76. The van der Waals surface area contributed by atoms with E-state index >= 15 is 0 Å². The third-order valence-corrected chi connectivity index (χ3v) is 0.468. The van der Waals surface area contributed by atoms with Crippen LogP contribution in [0.25, 0.3) is 0 Å². The van der Waals surface area contributed by atoms with Gasteiger partial charge in [0.1, 0.15) is 0 Å². The molecule has 0 spiro atoms. The van der Waals surface area contributed by atoms with Crippen molar-refractivity contribution in [2.24, 2.45) is 0 Å². The van der Waals surface area contributed by atoms with Gasteiger partial charge in [-0.3, -0.25) is 4.79 Å². The Morgan fingerprint density at radius 3 is 1.73 bits per heavy atom. The molecular formula is C4H3AgF3O3. The number of esters is 2. The molecule has 0 aromatic carbocycles. The van der Waals surface area contributed by atoms with Gasteiger partial charge < -0.3 is 4.74 Å². The molecule has 7 heteroatoms. The summed E-state index contributed by atoms with van der Waals surface area (Å²) < 4.78 is 36.8. The fraction of sp³-hybridized carbons (Fsp3) is 0.500. The van der Waals surface area contributed by atoms with Crippen LogP contribution in [-0.2, 0) is 36.7 Å². The largest absolute Gasteiger partial charge is 0.491 e. The van der Waals surface area contributed by atoms with E-state index in [0.29, 0.717) is 6.92 Å². The zero-order valence-electron chi connectivity index (χ0n) is 5.16. The van der Waals surface area contributed by atoms with Crippen molar-refractivity contribution in [3.05, 3.63) is 0 Å². The first-order valence-corrected chi connectivity index (χ1v) is 2.13. The molecule has 0 aromatic rings. The topological polar surface area (TPSA) is 43.4 Å². The minimum Gasteiger partial charge on any atom is -0.387 e. The smallest absolute Gasteiger partial charge is 0.387 e. The first-order chi connectivity index (χ1) is 4.34. The van der Waals surface area contributed by atoms with Crippen LogP contribution in [0, 0.1) is 0 Å². The summed E-state index contributed by atoms with van der Waals surface area (Å²) in [4.78, 5) is 19.5. The Labute approximate surface area is 75.4 Å². The van der Waals surface area contributed by atoms with Crippen LogP contribution in [0.3, 0.4) is 0 Å². The van der Waals surface area contributed by atoms with Crippen molar-refractivity contribution in [3.8, 4) is 0 Å². The van der Waals surface area contributed by atoms with Crippen LogP contribution in [-0.4, -0.2) is 18.1 Å². The molecular weight excluding hydrogens is 261 g/mol. The number of hydrogen-bond acceptors (Lipinski definition) is 3. The number of halogens is 3. The Bertz CT molecular complexity index is 164. The van der Waals surface area contributed by atoms with Gasteiger partial charge in [-0.1, -0.05) is 0 Å². The summed E-state index contributed by atoms with van der Waals surface area (Å²) in [6.07, 6.45) is -5.09. The van der Waals surface area contributed by atoms with Gasteiger partial charge in [0.2, 0.25) is 0 Å². The van der Waals surface area contributed by atoms with E-state index in [0.717, 1.165) is 0 Å². The molecule has 0 saturated heterocycles. The van der Waals surface area contributed by atoms with Crippen LogP contribution in [0.2, 0.25) is 0 Å². The van der Waals surface area contributed by atoms with E-state index in [1.165, 1.54) is 0 Å². The van der Waals surface area contributed by atoms with Crippen LogP contribution < -0.4 is 0 Å². The normalized spacial score (nSPS) is 9.82. The second-order valence-corrected chi connectivity index (χ2v) is 1.38. The van der Waals surface area contributed by atoms with E-state index in [9.17, 15) is 22.8 Å². The average molecular weight is 264 g/mol. The summed E-state index contributed by atoms with van der Waals surface area (Å²) in [6.45, 7) is 0.712. The molecule has 0 bridgehead atoms. The summed E-state index contributed by atoms with van der Waals surface area (Å²) in [6, 6.07) is 0. The van der Waals surface area contributed by atoms with Gasteiger partial charge in [-0.2, -0.15) is 13.2 Å². The maximum Gasteiger partial charge on any atom is 0.491 e. The molecule has 1 radical (unpaired) electrons. The van der Waals surface area contributed by atoms with E-state index in [1.807, 2.05) is 0 Å². The van der Waals surface area contributed by atoms with Gasteiger partial charge in [0.05, 0.1) is 0 Å². The number of rotatable bonds is 0. The first kappa shape index (κ1) is 13.3. The van der Waals surface area contributed by atoms with Crippen LogP contribution >= 0.6 is 0 Å². The zero-order chi connectivity index (χ0) is 8.36. The maximum absolute atomic E-state index is 11.2. The van der Waals surface area contributed by atoms with Crippen molar-refractivity contribution in [2.45, 2.75) is 13.1 Å². The molecule has 0 unspecified atom stereocenters. The standard InChI is InChI=1S/C4H3F3O3.Ag/c1-2(8)10-3(9)4(5,6)7;/h1H3;. The van der Waals surface area contributed by atoms with Gasteiger partial charge in [0, 0.05) is 29.3 Å². The minimum atomic E-state index is -5.09. The molecule has 0 aromatic heterocycles. The second kappa shape index (κ2) is 4.53. The Morgan fingerprint density at radius 1 is 1.27 bits per heavy atom. The van der Waals surface area contributed by atoms with E-state index in [2.05, 4.69) is 4.74 Å². The van der Waals surface area contributed by atoms with Crippen molar-refractivity contribution in [1.29, 1.82) is 0 Å². The van der Waals surface area contributed by atoms with Crippen molar-refractivity contribution in [1.82, 2.24) is 0 Å². The molecule has 0 rings (SSSR count). The molecule has 0 aliphatic heterocycles. The third-order valence-electron chi connectivity index (χ3n) is 0.468. The summed E-state index contributed by atoms with van der Waals surface area (Å²) in [7, 11) is 0. The molecule has 0 saturated carbocycles. The van der Waals surface area contributed by atoms with Crippen LogP contribution in [0.15, 0.2) is 0 Å².